The third-order valence-electron chi connectivity index (χ3n) is 2.99. The number of nitrogens with one attached hydrogen (secondary N) is 2. The summed E-state index contributed by atoms with van der Waals surface area (Å²) in [6.07, 6.45) is 5.28. The van der Waals surface area contributed by atoms with E-state index >= 15 is 0 Å². The lowest BCUT2D eigenvalue weighted by atomic mass is 10.1. The molecule has 19 heavy (non-hydrogen) atoms. The van der Waals surface area contributed by atoms with Crippen LogP contribution in [0.15, 0.2) is 43.0 Å². The Labute approximate surface area is 115 Å². The van der Waals surface area contributed by atoms with Crippen LogP contribution in [0, 0.1) is 0 Å². The van der Waals surface area contributed by atoms with Gasteiger partial charge in [-0.2, -0.15) is 0 Å². The highest BCUT2D eigenvalue weighted by molar-refractivity contribution is 6.35. The van der Waals surface area contributed by atoms with Gasteiger partial charge in [0.15, 0.2) is 0 Å². The normalized spacial score (nSPS) is 11.0. The van der Waals surface area contributed by atoms with Crippen molar-refractivity contribution in [2.75, 3.05) is 0 Å². The fourth-order valence-corrected chi connectivity index (χ4v) is 2.27. The molecule has 0 bridgehead atoms. The number of halogens is 1. The third kappa shape index (κ3) is 2.59. The second-order valence-corrected chi connectivity index (χ2v) is 4.69. The number of pyridine rings is 1. The molecule has 3 aromatic rings. The first-order valence-corrected chi connectivity index (χ1v) is 6.42. The molecule has 96 valence electrons. The summed E-state index contributed by atoms with van der Waals surface area (Å²) < 4.78 is 0. The van der Waals surface area contributed by atoms with Crippen molar-refractivity contribution >= 4 is 22.5 Å². The quantitative estimate of drug-likeness (QED) is 0.768. The minimum Gasteiger partial charge on any atom is -0.347 e. The minimum absolute atomic E-state index is 0.736. The van der Waals surface area contributed by atoms with E-state index in [0.717, 1.165) is 40.3 Å². The van der Waals surface area contributed by atoms with Crippen molar-refractivity contribution in [1.82, 2.24) is 20.3 Å². The molecular weight excluding hydrogens is 260 g/mol. The van der Waals surface area contributed by atoms with Crippen LogP contribution in [0.2, 0.25) is 5.02 Å². The Morgan fingerprint density at radius 1 is 1.21 bits per heavy atom. The molecule has 0 fully saturated rings. The van der Waals surface area contributed by atoms with Gasteiger partial charge in [-0.3, -0.25) is 4.98 Å². The zero-order valence-corrected chi connectivity index (χ0v) is 11.0. The van der Waals surface area contributed by atoms with Crippen LogP contribution in [-0.4, -0.2) is 15.0 Å². The molecule has 2 N–H and O–H groups in total. The van der Waals surface area contributed by atoms with Crippen molar-refractivity contribution in [3.8, 4) is 0 Å². The van der Waals surface area contributed by atoms with Crippen LogP contribution in [0.5, 0.6) is 0 Å². The maximum absolute atomic E-state index is 6.17. The molecule has 5 heteroatoms. The van der Waals surface area contributed by atoms with Crippen LogP contribution < -0.4 is 5.32 Å². The maximum atomic E-state index is 6.17. The van der Waals surface area contributed by atoms with E-state index in [1.165, 1.54) is 0 Å². The molecule has 0 aliphatic carbocycles. The van der Waals surface area contributed by atoms with Crippen LogP contribution in [0.3, 0.4) is 0 Å². The number of hydrogen-bond acceptors (Lipinski definition) is 3. The number of aromatic nitrogens is 3. The molecule has 3 rings (SSSR count). The lowest BCUT2D eigenvalue weighted by Gasteiger charge is -2.08. The Hall–Kier alpha value is -1.91. The summed E-state index contributed by atoms with van der Waals surface area (Å²) in [7, 11) is 0. The average Bonchev–Trinajstić information content (AvgIpc) is 2.95. The molecule has 0 saturated heterocycles. The van der Waals surface area contributed by atoms with E-state index in [9.17, 15) is 0 Å². The molecule has 0 amide bonds. The van der Waals surface area contributed by atoms with E-state index in [4.69, 9.17) is 11.6 Å². The van der Waals surface area contributed by atoms with E-state index < -0.39 is 0 Å². The van der Waals surface area contributed by atoms with Crippen LogP contribution in [0.25, 0.3) is 10.9 Å². The molecule has 0 unspecified atom stereocenters. The van der Waals surface area contributed by atoms with Crippen LogP contribution in [0.1, 0.15) is 11.3 Å². The molecule has 2 aromatic heterocycles. The smallest absolute Gasteiger partial charge is 0.0922 e. The van der Waals surface area contributed by atoms with Gasteiger partial charge in [-0.1, -0.05) is 17.7 Å². The number of rotatable bonds is 4. The largest absolute Gasteiger partial charge is 0.347 e. The molecule has 2 heterocycles. The van der Waals surface area contributed by atoms with Gasteiger partial charge < -0.3 is 10.3 Å². The second-order valence-electron chi connectivity index (χ2n) is 4.29. The van der Waals surface area contributed by atoms with Crippen molar-refractivity contribution in [2.24, 2.45) is 0 Å². The van der Waals surface area contributed by atoms with Gasteiger partial charge in [0.2, 0.25) is 0 Å². The number of fused-ring (bicyclic) bond motifs is 1. The summed E-state index contributed by atoms with van der Waals surface area (Å²) in [5.74, 6) is 0. The SMILES string of the molecule is Clc1ccc(CNCc2cnc[nH]2)c2ncccc12. The number of aromatic amines is 1. The van der Waals surface area contributed by atoms with Crippen molar-refractivity contribution in [1.29, 1.82) is 0 Å². The van der Waals surface area contributed by atoms with Gasteiger partial charge in [-0.15, -0.1) is 0 Å². The minimum atomic E-state index is 0.736. The standard InChI is InChI=1S/C14H13ClN4/c15-13-4-3-10(14-12(13)2-1-5-18-14)6-16-7-11-8-17-9-19-11/h1-5,8-9,16H,6-7H2,(H,17,19). The Balaban J connectivity index is 1.79. The summed E-state index contributed by atoms with van der Waals surface area (Å²) in [5.41, 5.74) is 3.15. The first kappa shape index (κ1) is 12.1. The molecule has 0 aliphatic heterocycles. The number of benzene rings is 1. The zero-order valence-electron chi connectivity index (χ0n) is 10.2. The predicted molar refractivity (Wildman–Crippen MR) is 75.9 cm³/mol. The Morgan fingerprint density at radius 3 is 3.00 bits per heavy atom. The summed E-state index contributed by atoms with van der Waals surface area (Å²) in [5, 5.41) is 5.09. The fraction of sp³-hybridized carbons (Fsp3) is 0.143. The van der Waals surface area contributed by atoms with Crippen LogP contribution >= 0.6 is 11.6 Å². The van der Waals surface area contributed by atoms with Crippen LogP contribution in [-0.2, 0) is 13.1 Å². The molecule has 4 nitrogen and oxygen atoms in total. The van der Waals surface area contributed by atoms with E-state index in [1.807, 2.05) is 30.5 Å². The van der Waals surface area contributed by atoms with Crippen LogP contribution in [0.4, 0.5) is 0 Å². The summed E-state index contributed by atoms with van der Waals surface area (Å²) in [4.78, 5) is 11.5. The third-order valence-corrected chi connectivity index (χ3v) is 3.32. The second kappa shape index (κ2) is 5.38. The van der Waals surface area contributed by atoms with Crippen molar-refractivity contribution in [3.05, 3.63) is 59.3 Å². The topological polar surface area (TPSA) is 53.6 Å². The molecule has 0 spiro atoms. The predicted octanol–water partition coefficient (Wildman–Crippen LogP) is 2.90. The summed E-state index contributed by atoms with van der Waals surface area (Å²) >= 11 is 6.17. The van der Waals surface area contributed by atoms with Crippen molar-refractivity contribution in [3.63, 3.8) is 0 Å². The maximum Gasteiger partial charge on any atom is 0.0922 e. The Kier molecular flexibility index (Phi) is 3.44. The van der Waals surface area contributed by atoms with Gasteiger partial charge in [0.05, 0.1) is 11.8 Å². The monoisotopic (exact) mass is 272 g/mol. The van der Waals surface area contributed by atoms with E-state index in [1.54, 1.807) is 12.5 Å². The molecule has 0 atom stereocenters. The van der Waals surface area contributed by atoms with Gasteiger partial charge in [-0.25, -0.2) is 4.98 Å². The molecular formula is C14H13ClN4. The molecule has 0 saturated carbocycles. The highest BCUT2D eigenvalue weighted by Gasteiger charge is 2.05. The van der Waals surface area contributed by atoms with Crippen molar-refractivity contribution < 1.29 is 0 Å². The summed E-state index contributed by atoms with van der Waals surface area (Å²) in [6.45, 7) is 1.49. The van der Waals surface area contributed by atoms with E-state index in [-0.39, 0.29) is 0 Å². The molecule has 1 aromatic carbocycles. The number of imidazole rings is 1. The highest BCUT2D eigenvalue weighted by Crippen LogP contribution is 2.24. The number of nitrogens with zero attached hydrogens (tertiary/aromatic N) is 2. The van der Waals surface area contributed by atoms with E-state index in [0.29, 0.717) is 0 Å². The summed E-state index contributed by atoms with van der Waals surface area (Å²) in [6, 6.07) is 7.81. The van der Waals surface area contributed by atoms with Gasteiger partial charge >= 0.3 is 0 Å². The van der Waals surface area contributed by atoms with Gasteiger partial charge in [0, 0.05) is 41.6 Å². The molecule has 0 radical (unpaired) electrons. The Bertz CT molecular complexity index is 679. The molecule has 0 aliphatic rings. The lowest BCUT2D eigenvalue weighted by Crippen LogP contribution is -2.13. The first-order valence-electron chi connectivity index (χ1n) is 6.04. The number of hydrogen-bond donors (Lipinski definition) is 2. The Morgan fingerprint density at radius 2 is 2.16 bits per heavy atom. The zero-order chi connectivity index (χ0) is 13.1. The van der Waals surface area contributed by atoms with Crippen molar-refractivity contribution in [2.45, 2.75) is 13.1 Å². The highest BCUT2D eigenvalue weighted by atomic mass is 35.5. The van der Waals surface area contributed by atoms with Gasteiger partial charge in [0.25, 0.3) is 0 Å². The first-order chi connectivity index (χ1) is 9.34. The van der Waals surface area contributed by atoms with E-state index in [2.05, 4.69) is 20.3 Å². The average molecular weight is 273 g/mol. The number of H-pyrrole nitrogens is 1. The lowest BCUT2D eigenvalue weighted by molar-refractivity contribution is 0.684. The fourth-order valence-electron chi connectivity index (χ4n) is 2.05. The van der Waals surface area contributed by atoms with Gasteiger partial charge in [-0.05, 0) is 23.8 Å². The van der Waals surface area contributed by atoms with Gasteiger partial charge in [0.1, 0.15) is 0 Å².